The molecule has 0 aliphatic rings. The molecule has 2 aromatic rings. The van der Waals surface area contributed by atoms with Crippen molar-refractivity contribution in [3.05, 3.63) is 52.9 Å². The summed E-state index contributed by atoms with van der Waals surface area (Å²) in [7, 11) is 0. The van der Waals surface area contributed by atoms with Crippen LogP contribution in [0.1, 0.15) is 12.0 Å². The van der Waals surface area contributed by atoms with Crippen molar-refractivity contribution in [1.29, 1.82) is 5.41 Å². The lowest BCUT2D eigenvalue weighted by Gasteiger charge is -2.10. The van der Waals surface area contributed by atoms with Gasteiger partial charge in [0, 0.05) is 25.1 Å². The van der Waals surface area contributed by atoms with Crippen molar-refractivity contribution < 1.29 is 4.79 Å². The Labute approximate surface area is 127 Å². The lowest BCUT2D eigenvalue weighted by atomic mass is 10.1. The highest BCUT2D eigenvalue weighted by Gasteiger charge is 2.06. The van der Waals surface area contributed by atoms with Crippen LogP contribution in [-0.2, 0) is 6.42 Å². The minimum absolute atomic E-state index is 0.00388. The maximum atomic E-state index is 11.2. The van der Waals surface area contributed by atoms with Gasteiger partial charge in [0.25, 0.3) is 0 Å². The second kappa shape index (κ2) is 6.90. The number of nitrogens with one attached hydrogen (secondary N) is 2. The van der Waals surface area contributed by atoms with E-state index in [1.165, 1.54) is 11.8 Å². The van der Waals surface area contributed by atoms with Crippen LogP contribution < -0.4 is 16.5 Å². The van der Waals surface area contributed by atoms with E-state index >= 15 is 0 Å². The average Bonchev–Trinajstić information content (AvgIpc) is 2.47. The predicted molar refractivity (Wildman–Crippen MR) is 81.3 cm³/mol. The molecule has 0 bridgehead atoms. The summed E-state index contributed by atoms with van der Waals surface area (Å²) in [5.41, 5.74) is 6.88. The second-order valence-corrected chi connectivity index (χ2v) is 4.95. The fourth-order valence-electron chi connectivity index (χ4n) is 1.93. The smallest absolute Gasteiger partial charge is 0.324 e. The molecule has 2 aromatic heterocycles. The number of hydrogen-bond acceptors (Lipinski definition) is 4. The van der Waals surface area contributed by atoms with Crippen LogP contribution in [0.3, 0.4) is 0 Å². The lowest BCUT2D eigenvalue weighted by Crippen LogP contribution is -2.33. The Morgan fingerprint density at radius 2 is 2.14 bits per heavy atom. The zero-order chi connectivity index (χ0) is 15.2. The Kier molecular flexibility index (Phi) is 4.94. The number of aromatic nitrogens is 2. The van der Waals surface area contributed by atoms with Crippen molar-refractivity contribution in [2.75, 3.05) is 11.9 Å². The third kappa shape index (κ3) is 4.06. The highest BCUT2D eigenvalue weighted by molar-refractivity contribution is 6.30. The van der Waals surface area contributed by atoms with Crippen LogP contribution in [0.25, 0.3) is 0 Å². The molecule has 0 aliphatic heterocycles. The summed E-state index contributed by atoms with van der Waals surface area (Å²) in [6, 6.07) is 4.81. The number of anilines is 1. The van der Waals surface area contributed by atoms with Gasteiger partial charge in [-0.05, 0) is 36.6 Å². The molecule has 7 heteroatoms. The van der Waals surface area contributed by atoms with Gasteiger partial charge in [-0.15, -0.1) is 0 Å². The SMILES string of the molecule is N=c1c(NCCCc2ccncc2)cc(Cl)cn1C(N)=O. The van der Waals surface area contributed by atoms with Crippen LogP contribution in [0.15, 0.2) is 36.8 Å². The average molecular weight is 306 g/mol. The van der Waals surface area contributed by atoms with Crippen molar-refractivity contribution in [3.63, 3.8) is 0 Å². The van der Waals surface area contributed by atoms with Crippen molar-refractivity contribution in [3.8, 4) is 0 Å². The molecule has 0 aromatic carbocycles. The predicted octanol–water partition coefficient (Wildman–Crippen LogP) is 1.99. The van der Waals surface area contributed by atoms with Gasteiger partial charge in [-0.2, -0.15) is 0 Å². The molecule has 0 saturated carbocycles. The minimum atomic E-state index is -0.734. The van der Waals surface area contributed by atoms with Crippen molar-refractivity contribution in [1.82, 2.24) is 9.55 Å². The molecule has 0 atom stereocenters. The largest absolute Gasteiger partial charge is 0.382 e. The van der Waals surface area contributed by atoms with Crippen molar-refractivity contribution in [2.45, 2.75) is 12.8 Å². The minimum Gasteiger partial charge on any atom is -0.382 e. The van der Waals surface area contributed by atoms with Crippen LogP contribution in [-0.4, -0.2) is 22.1 Å². The van der Waals surface area contributed by atoms with Crippen LogP contribution in [0.2, 0.25) is 5.02 Å². The number of amides is 1. The lowest BCUT2D eigenvalue weighted by molar-refractivity contribution is 0.249. The van der Waals surface area contributed by atoms with E-state index < -0.39 is 6.03 Å². The Hall–Kier alpha value is -2.34. The third-order valence-corrected chi connectivity index (χ3v) is 3.18. The van der Waals surface area contributed by atoms with E-state index in [4.69, 9.17) is 22.7 Å². The fraction of sp³-hybridized carbons (Fsp3) is 0.214. The number of primary amides is 1. The van der Waals surface area contributed by atoms with Gasteiger partial charge in [-0.1, -0.05) is 11.6 Å². The highest BCUT2D eigenvalue weighted by Crippen LogP contribution is 2.11. The summed E-state index contributed by atoms with van der Waals surface area (Å²) < 4.78 is 1.01. The first-order chi connectivity index (χ1) is 10.1. The van der Waals surface area contributed by atoms with Gasteiger partial charge in [0.15, 0.2) is 5.49 Å². The quantitative estimate of drug-likeness (QED) is 0.737. The van der Waals surface area contributed by atoms with Gasteiger partial charge in [-0.3, -0.25) is 15.0 Å². The standard InChI is InChI=1S/C14H16ClN5O/c15-11-8-12(13(16)20(9-11)14(17)21)19-5-1-2-10-3-6-18-7-4-10/h3-4,6-9,16,19H,1-2,5H2,(H2,17,21). The second-order valence-electron chi connectivity index (χ2n) is 4.51. The Morgan fingerprint density at radius 1 is 1.43 bits per heavy atom. The molecular weight excluding hydrogens is 290 g/mol. The van der Waals surface area contributed by atoms with E-state index in [9.17, 15) is 4.79 Å². The van der Waals surface area contributed by atoms with E-state index in [1.807, 2.05) is 12.1 Å². The molecule has 21 heavy (non-hydrogen) atoms. The molecule has 4 N–H and O–H groups in total. The van der Waals surface area contributed by atoms with Crippen molar-refractivity contribution in [2.24, 2.45) is 5.73 Å². The highest BCUT2D eigenvalue weighted by atomic mass is 35.5. The Bertz CT molecular complexity index is 684. The molecular formula is C14H16ClN5O. The van der Waals surface area contributed by atoms with Gasteiger partial charge in [0.1, 0.15) is 0 Å². The number of nitrogens with two attached hydrogens (primary N) is 1. The molecule has 1 amide bonds. The van der Waals surface area contributed by atoms with Gasteiger partial charge in [-0.25, -0.2) is 4.79 Å². The normalized spacial score (nSPS) is 10.3. The molecule has 2 heterocycles. The first kappa shape index (κ1) is 15.1. The molecule has 0 radical (unpaired) electrons. The van der Waals surface area contributed by atoms with Gasteiger partial charge < -0.3 is 11.1 Å². The first-order valence-electron chi connectivity index (χ1n) is 6.47. The van der Waals surface area contributed by atoms with Crippen LogP contribution in [0.5, 0.6) is 0 Å². The van der Waals surface area contributed by atoms with Gasteiger partial charge in [0.05, 0.1) is 10.7 Å². The maximum absolute atomic E-state index is 11.2. The number of carbonyl (C=O) groups excluding carboxylic acids is 1. The monoisotopic (exact) mass is 305 g/mol. The fourth-order valence-corrected chi connectivity index (χ4v) is 2.14. The third-order valence-electron chi connectivity index (χ3n) is 2.98. The zero-order valence-corrected chi connectivity index (χ0v) is 12.1. The van der Waals surface area contributed by atoms with Crippen LogP contribution in [0.4, 0.5) is 10.5 Å². The molecule has 0 aliphatic carbocycles. The number of rotatable bonds is 5. The Morgan fingerprint density at radius 3 is 2.81 bits per heavy atom. The molecule has 0 fully saturated rings. The van der Waals surface area contributed by atoms with E-state index in [-0.39, 0.29) is 5.49 Å². The summed E-state index contributed by atoms with van der Waals surface area (Å²) in [5, 5.41) is 11.4. The van der Waals surface area contributed by atoms with Crippen LogP contribution in [0, 0.1) is 5.41 Å². The van der Waals surface area contributed by atoms with Gasteiger partial charge in [0.2, 0.25) is 0 Å². The number of aryl methyl sites for hydroxylation is 1. The van der Waals surface area contributed by atoms with E-state index in [1.54, 1.807) is 18.5 Å². The number of halogens is 1. The number of pyridine rings is 2. The summed E-state index contributed by atoms with van der Waals surface area (Å²) in [6.45, 7) is 0.660. The van der Waals surface area contributed by atoms with Gasteiger partial charge >= 0.3 is 6.03 Å². The summed E-state index contributed by atoms with van der Waals surface area (Å²) >= 11 is 5.92. The summed E-state index contributed by atoms with van der Waals surface area (Å²) in [6.07, 6.45) is 6.63. The van der Waals surface area contributed by atoms with Crippen LogP contribution >= 0.6 is 11.6 Å². The molecule has 0 unspecified atom stereocenters. The number of carbonyl (C=O) groups is 1. The van der Waals surface area contributed by atoms with E-state index in [0.29, 0.717) is 17.3 Å². The zero-order valence-electron chi connectivity index (χ0n) is 11.3. The first-order valence-corrected chi connectivity index (χ1v) is 6.85. The topological polar surface area (TPSA) is 96.8 Å². The molecule has 6 nitrogen and oxygen atoms in total. The Balaban J connectivity index is 1.97. The van der Waals surface area contributed by atoms with E-state index in [2.05, 4.69) is 10.3 Å². The number of nitrogens with zero attached hydrogens (tertiary/aromatic N) is 2. The molecule has 0 spiro atoms. The van der Waals surface area contributed by atoms with Crippen molar-refractivity contribution >= 4 is 23.3 Å². The molecule has 110 valence electrons. The number of hydrogen-bond donors (Lipinski definition) is 3. The maximum Gasteiger partial charge on any atom is 0.324 e. The summed E-state index contributed by atoms with van der Waals surface area (Å²) in [5.74, 6) is 0. The summed E-state index contributed by atoms with van der Waals surface area (Å²) in [4.78, 5) is 15.2. The molecule has 0 saturated heterocycles. The molecule has 2 rings (SSSR count). The van der Waals surface area contributed by atoms with E-state index in [0.717, 1.165) is 17.4 Å².